The SMILES string of the molecule is COc1ccc(Oc2ccc(C(C)=O)cc2Cl)c(Br)c1. The molecule has 2 aromatic rings. The van der Waals surface area contributed by atoms with Crippen molar-refractivity contribution in [3.63, 3.8) is 0 Å². The van der Waals surface area contributed by atoms with E-state index in [-0.39, 0.29) is 5.78 Å². The summed E-state index contributed by atoms with van der Waals surface area (Å²) in [7, 11) is 1.60. The number of ether oxygens (including phenoxy) is 2. The Morgan fingerprint density at radius 2 is 1.85 bits per heavy atom. The third-order valence-electron chi connectivity index (χ3n) is 2.70. The molecule has 104 valence electrons. The normalized spacial score (nSPS) is 10.2. The number of halogens is 2. The van der Waals surface area contributed by atoms with Crippen LogP contribution in [0.2, 0.25) is 5.02 Å². The Kier molecular flexibility index (Phi) is 4.68. The van der Waals surface area contributed by atoms with Gasteiger partial charge in [0.25, 0.3) is 0 Å². The molecular weight excluding hydrogens is 344 g/mol. The number of hydrogen-bond donors (Lipinski definition) is 0. The highest BCUT2D eigenvalue weighted by Gasteiger charge is 2.09. The van der Waals surface area contributed by atoms with E-state index in [9.17, 15) is 4.79 Å². The lowest BCUT2D eigenvalue weighted by Gasteiger charge is -2.11. The first-order chi connectivity index (χ1) is 9.51. The quantitative estimate of drug-likeness (QED) is 0.715. The van der Waals surface area contributed by atoms with Crippen molar-refractivity contribution in [3.05, 3.63) is 51.5 Å². The van der Waals surface area contributed by atoms with Crippen molar-refractivity contribution in [1.82, 2.24) is 0 Å². The van der Waals surface area contributed by atoms with Crippen molar-refractivity contribution in [1.29, 1.82) is 0 Å². The van der Waals surface area contributed by atoms with Crippen LogP contribution in [-0.2, 0) is 0 Å². The van der Waals surface area contributed by atoms with Crippen LogP contribution in [0, 0.1) is 0 Å². The minimum Gasteiger partial charge on any atom is -0.497 e. The molecule has 0 aliphatic heterocycles. The highest BCUT2D eigenvalue weighted by atomic mass is 79.9. The van der Waals surface area contributed by atoms with E-state index in [1.165, 1.54) is 6.92 Å². The molecular formula is C15H12BrClO3. The second-order valence-electron chi connectivity index (χ2n) is 4.10. The van der Waals surface area contributed by atoms with Crippen LogP contribution >= 0.6 is 27.5 Å². The van der Waals surface area contributed by atoms with Crippen molar-refractivity contribution in [2.24, 2.45) is 0 Å². The number of methoxy groups -OCH3 is 1. The summed E-state index contributed by atoms with van der Waals surface area (Å²) in [6.45, 7) is 1.49. The van der Waals surface area contributed by atoms with Crippen LogP contribution in [0.25, 0.3) is 0 Å². The van der Waals surface area contributed by atoms with Crippen molar-refractivity contribution < 1.29 is 14.3 Å². The van der Waals surface area contributed by atoms with E-state index in [1.54, 1.807) is 43.5 Å². The van der Waals surface area contributed by atoms with Gasteiger partial charge >= 0.3 is 0 Å². The van der Waals surface area contributed by atoms with Crippen molar-refractivity contribution in [3.8, 4) is 17.2 Å². The predicted molar refractivity (Wildman–Crippen MR) is 82.2 cm³/mol. The third kappa shape index (κ3) is 3.32. The topological polar surface area (TPSA) is 35.5 Å². The molecule has 0 saturated heterocycles. The average molecular weight is 356 g/mol. The minimum atomic E-state index is -0.0379. The molecule has 0 spiro atoms. The van der Waals surface area contributed by atoms with Crippen LogP contribution in [0.3, 0.4) is 0 Å². The zero-order valence-corrected chi connectivity index (χ0v) is 13.3. The van der Waals surface area contributed by atoms with Gasteiger partial charge in [0.05, 0.1) is 16.6 Å². The molecule has 20 heavy (non-hydrogen) atoms. The zero-order valence-electron chi connectivity index (χ0n) is 10.9. The van der Waals surface area contributed by atoms with Gasteiger partial charge in [0.15, 0.2) is 5.78 Å². The number of benzene rings is 2. The van der Waals surface area contributed by atoms with E-state index >= 15 is 0 Å². The average Bonchev–Trinajstić information content (AvgIpc) is 2.42. The molecule has 2 rings (SSSR count). The molecule has 0 N–H and O–H groups in total. The van der Waals surface area contributed by atoms with Gasteiger partial charge in [-0.05, 0) is 59.3 Å². The summed E-state index contributed by atoms with van der Waals surface area (Å²) < 4.78 is 11.6. The first kappa shape index (κ1) is 14.9. The molecule has 0 aromatic heterocycles. The van der Waals surface area contributed by atoms with Gasteiger partial charge < -0.3 is 9.47 Å². The monoisotopic (exact) mass is 354 g/mol. The van der Waals surface area contributed by atoms with Crippen molar-refractivity contribution in [2.75, 3.05) is 7.11 Å². The van der Waals surface area contributed by atoms with Gasteiger partial charge in [0.2, 0.25) is 0 Å². The van der Waals surface area contributed by atoms with Crippen molar-refractivity contribution in [2.45, 2.75) is 6.92 Å². The molecule has 0 bridgehead atoms. The van der Waals surface area contributed by atoms with Gasteiger partial charge in [0.1, 0.15) is 17.2 Å². The molecule has 2 aromatic carbocycles. The Morgan fingerprint density at radius 1 is 1.15 bits per heavy atom. The molecule has 3 nitrogen and oxygen atoms in total. The van der Waals surface area contributed by atoms with E-state index in [1.807, 2.05) is 0 Å². The number of carbonyl (C=O) groups excluding carboxylic acids is 1. The first-order valence-corrected chi connectivity index (χ1v) is 7.00. The van der Waals surface area contributed by atoms with Gasteiger partial charge in [0, 0.05) is 5.56 Å². The lowest BCUT2D eigenvalue weighted by Crippen LogP contribution is -1.93. The molecule has 0 atom stereocenters. The lowest BCUT2D eigenvalue weighted by molar-refractivity contribution is 0.101. The summed E-state index contributed by atoms with van der Waals surface area (Å²) >= 11 is 9.52. The van der Waals surface area contributed by atoms with Crippen LogP contribution in [0.15, 0.2) is 40.9 Å². The lowest BCUT2D eigenvalue weighted by atomic mass is 10.1. The number of hydrogen-bond acceptors (Lipinski definition) is 3. The standard InChI is InChI=1S/C15H12BrClO3/c1-9(18)10-3-5-15(13(17)7-10)20-14-6-4-11(19-2)8-12(14)16/h3-8H,1-2H3. The van der Waals surface area contributed by atoms with E-state index in [4.69, 9.17) is 21.1 Å². The highest BCUT2D eigenvalue weighted by Crippen LogP contribution is 2.35. The molecule has 0 saturated carbocycles. The Balaban J connectivity index is 2.28. The predicted octanol–water partition coefficient (Wildman–Crippen LogP) is 5.11. The molecule has 0 unspecified atom stereocenters. The zero-order chi connectivity index (χ0) is 14.7. The summed E-state index contributed by atoms with van der Waals surface area (Å²) in [4.78, 5) is 11.3. The van der Waals surface area contributed by atoms with Crippen molar-refractivity contribution >= 4 is 33.3 Å². The Labute approximate surface area is 130 Å². The fourth-order valence-corrected chi connectivity index (χ4v) is 2.27. The number of carbonyl (C=O) groups is 1. The number of ketones is 1. The Morgan fingerprint density at radius 3 is 2.40 bits per heavy atom. The fraction of sp³-hybridized carbons (Fsp3) is 0.133. The smallest absolute Gasteiger partial charge is 0.159 e. The third-order valence-corrected chi connectivity index (χ3v) is 3.61. The molecule has 0 heterocycles. The maximum absolute atomic E-state index is 11.3. The Hall–Kier alpha value is -1.52. The van der Waals surface area contributed by atoms with Gasteiger partial charge in [-0.2, -0.15) is 0 Å². The van der Waals surface area contributed by atoms with Crippen LogP contribution in [-0.4, -0.2) is 12.9 Å². The largest absolute Gasteiger partial charge is 0.497 e. The summed E-state index contributed by atoms with van der Waals surface area (Å²) in [6, 6.07) is 10.3. The molecule has 0 aliphatic carbocycles. The van der Waals surface area contributed by atoms with Crippen LogP contribution in [0.4, 0.5) is 0 Å². The Bertz CT molecular complexity index is 656. The van der Waals surface area contributed by atoms with Gasteiger partial charge in [-0.25, -0.2) is 0 Å². The second-order valence-corrected chi connectivity index (χ2v) is 5.36. The molecule has 0 fully saturated rings. The van der Waals surface area contributed by atoms with Crippen LogP contribution in [0.1, 0.15) is 17.3 Å². The number of rotatable bonds is 4. The second kappa shape index (κ2) is 6.29. The van der Waals surface area contributed by atoms with Crippen LogP contribution in [0.5, 0.6) is 17.2 Å². The first-order valence-electron chi connectivity index (χ1n) is 5.83. The molecule has 0 aliphatic rings. The summed E-state index contributed by atoms with van der Waals surface area (Å²) in [5.41, 5.74) is 0.552. The van der Waals surface area contributed by atoms with E-state index < -0.39 is 0 Å². The van der Waals surface area contributed by atoms with Gasteiger partial charge in [-0.3, -0.25) is 4.79 Å². The molecule has 0 amide bonds. The maximum Gasteiger partial charge on any atom is 0.159 e. The van der Waals surface area contributed by atoms with E-state index in [2.05, 4.69) is 15.9 Å². The molecule has 5 heteroatoms. The summed E-state index contributed by atoms with van der Waals surface area (Å²) in [6.07, 6.45) is 0. The van der Waals surface area contributed by atoms with Gasteiger partial charge in [-0.15, -0.1) is 0 Å². The van der Waals surface area contributed by atoms with E-state index in [0.29, 0.717) is 22.1 Å². The summed E-state index contributed by atoms with van der Waals surface area (Å²) in [5, 5.41) is 0.389. The summed E-state index contributed by atoms with van der Waals surface area (Å²) in [5.74, 6) is 1.79. The molecule has 0 radical (unpaired) electrons. The highest BCUT2D eigenvalue weighted by molar-refractivity contribution is 9.10. The minimum absolute atomic E-state index is 0.0379. The maximum atomic E-state index is 11.3. The number of Topliss-reactive ketones (excluding diaryl/α,β-unsaturated/α-hetero) is 1. The van der Waals surface area contributed by atoms with E-state index in [0.717, 1.165) is 10.2 Å². The van der Waals surface area contributed by atoms with Gasteiger partial charge in [-0.1, -0.05) is 11.6 Å². The fourth-order valence-electron chi connectivity index (χ4n) is 1.61. The van der Waals surface area contributed by atoms with Crippen LogP contribution < -0.4 is 9.47 Å².